The lowest BCUT2D eigenvalue weighted by Gasteiger charge is -2.20. The Hall–Kier alpha value is -1.33. The molecular weight excluding hydrogens is 343 g/mol. The van der Waals surface area contributed by atoms with Gasteiger partial charge in [0.15, 0.2) is 11.6 Å². The fraction of sp³-hybridized carbons (Fsp3) is 0.250. The average molecular weight is 358 g/mol. The highest BCUT2D eigenvalue weighted by atomic mass is 79.9. The Labute approximate surface area is 130 Å². The predicted molar refractivity (Wildman–Crippen MR) is 80.6 cm³/mol. The molecule has 1 N–H and O–H groups in total. The molecule has 0 aliphatic rings. The van der Waals surface area contributed by atoms with Crippen molar-refractivity contribution >= 4 is 15.9 Å². The molecule has 0 amide bonds. The van der Waals surface area contributed by atoms with Crippen molar-refractivity contribution in [3.8, 4) is 0 Å². The van der Waals surface area contributed by atoms with Crippen molar-refractivity contribution in [3.63, 3.8) is 0 Å². The molecule has 0 spiro atoms. The Morgan fingerprint density at radius 3 is 2.38 bits per heavy atom. The van der Waals surface area contributed by atoms with Gasteiger partial charge in [-0.25, -0.2) is 13.2 Å². The lowest BCUT2D eigenvalue weighted by atomic mass is 9.98. The van der Waals surface area contributed by atoms with E-state index in [4.69, 9.17) is 0 Å². The first-order chi connectivity index (χ1) is 10.0. The average Bonchev–Trinajstić information content (AvgIpc) is 2.44. The van der Waals surface area contributed by atoms with Gasteiger partial charge in [-0.2, -0.15) is 0 Å². The summed E-state index contributed by atoms with van der Waals surface area (Å²) < 4.78 is 41.3. The van der Waals surface area contributed by atoms with Gasteiger partial charge in [-0.1, -0.05) is 35.0 Å². The molecule has 0 bridgehead atoms. The van der Waals surface area contributed by atoms with Crippen LogP contribution in [-0.2, 0) is 0 Å². The van der Waals surface area contributed by atoms with Crippen molar-refractivity contribution in [2.75, 3.05) is 6.54 Å². The SMILES string of the molecule is CCCNC(c1ccc(F)c(F)c1)c1ccc(Br)cc1F. The molecule has 2 aromatic carbocycles. The first-order valence-corrected chi connectivity index (χ1v) is 7.45. The molecule has 0 radical (unpaired) electrons. The molecule has 0 fully saturated rings. The third-order valence-corrected chi connectivity index (χ3v) is 3.64. The summed E-state index contributed by atoms with van der Waals surface area (Å²) in [6.45, 7) is 2.62. The second kappa shape index (κ2) is 7.09. The smallest absolute Gasteiger partial charge is 0.159 e. The monoisotopic (exact) mass is 357 g/mol. The van der Waals surface area contributed by atoms with Crippen molar-refractivity contribution in [1.82, 2.24) is 5.32 Å². The van der Waals surface area contributed by atoms with Crippen LogP contribution in [-0.4, -0.2) is 6.54 Å². The van der Waals surface area contributed by atoms with Gasteiger partial charge in [0.25, 0.3) is 0 Å². The van der Waals surface area contributed by atoms with Gasteiger partial charge in [-0.3, -0.25) is 0 Å². The minimum absolute atomic E-state index is 0.400. The topological polar surface area (TPSA) is 12.0 Å². The van der Waals surface area contributed by atoms with Gasteiger partial charge in [0.05, 0.1) is 6.04 Å². The van der Waals surface area contributed by atoms with Crippen LogP contribution in [0.2, 0.25) is 0 Å². The van der Waals surface area contributed by atoms with E-state index >= 15 is 0 Å². The second-order valence-electron chi connectivity index (χ2n) is 4.73. The number of nitrogens with one attached hydrogen (secondary N) is 1. The van der Waals surface area contributed by atoms with E-state index in [9.17, 15) is 13.2 Å². The van der Waals surface area contributed by atoms with Crippen LogP contribution in [0.15, 0.2) is 40.9 Å². The zero-order valence-electron chi connectivity index (χ0n) is 11.5. The third-order valence-electron chi connectivity index (χ3n) is 3.15. The molecule has 0 saturated carbocycles. The normalized spacial score (nSPS) is 12.4. The van der Waals surface area contributed by atoms with Crippen LogP contribution >= 0.6 is 15.9 Å². The van der Waals surface area contributed by atoms with Crippen LogP contribution in [0.1, 0.15) is 30.5 Å². The van der Waals surface area contributed by atoms with Gasteiger partial charge >= 0.3 is 0 Å². The summed E-state index contributed by atoms with van der Waals surface area (Å²) in [7, 11) is 0. The first-order valence-electron chi connectivity index (χ1n) is 6.66. The van der Waals surface area contributed by atoms with Gasteiger partial charge in [-0.05, 0) is 42.8 Å². The minimum atomic E-state index is -0.937. The van der Waals surface area contributed by atoms with E-state index in [2.05, 4.69) is 21.2 Å². The first kappa shape index (κ1) is 16.0. The highest BCUT2D eigenvalue weighted by molar-refractivity contribution is 9.10. The van der Waals surface area contributed by atoms with Crippen LogP contribution in [0.5, 0.6) is 0 Å². The molecule has 112 valence electrons. The van der Waals surface area contributed by atoms with Crippen LogP contribution < -0.4 is 5.32 Å². The van der Waals surface area contributed by atoms with Crippen molar-refractivity contribution in [3.05, 3.63) is 69.4 Å². The molecule has 0 aliphatic heterocycles. The Balaban J connectivity index is 2.44. The third kappa shape index (κ3) is 3.86. The van der Waals surface area contributed by atoms with Gasteiger partial charge in [0.1, 0.15) is 5.82 Å². The van der Waals surface area contributed by atoms with E-state index < -0.39 is 23.5 Å². The van der Waals surface area contributed by atoms with Crippen molar-refractivity contribution < 1.29 is 13.2 Å². The quantitative estimate of drug-likeness (QED) is 0.797. The largest absolute Gasteiger partial charge is 0.306 e. The van der Waals surface area contributed by atoms with E-state index in [0.29, 0.717) is 22.1 Å². The van der Waals surface area contributed by atoms with Gasteiger partial charge in [-0.15, -0.1) is 0 Å². The molecule has 0 heterocycles. The lowest BCUT2D eigenvalue weighted by molar-refractivity contribution is 0.500. The summed E-state index contributed by atoms with van der Waals surface area (Å²) in [6, 6.07) is 7.82. The molecule has 2 aromatic rings. The summed E-state index contributed by atoms with van der Waals surface area (Å²) in [5, 5.41) is 3.16. The second-order valence-corrected chi connectivity index (χ2v) is 5.64. The summed E-state index contributed by atoms with van der Waals surface area (Å²) in [5.74, 6) is -2.25. The van der Waals surface area contributed by atoms with E-state index in [1.807, 2.05) is 6.92 Å². The molecule has 0 aromatic heterocycles. The summed E-state index contributed by atoms with van der Waals surface area (Å²) in [6.07, 6.45) is 0.846. The van der Waals surface area contributed by atoms with E-state index in [-0.39, 0.29) is 0 Å². The number of rotatable bonds is 5. The minimum Gasteiger partial charge on any atom is -0.306 e. The van der Waals surface area contributed by atoms with E-state index in [1.54, 1.807) is 12.1 Å². The molecule has 2 rings (SSSR count). The molecule has 21 heavy (non-hydrogen) atoms. The highest BCUT2D eigenvalue weighted by Gasteiger charge is 2.19. The van der Waals surface area contributed by atoms with E-state index in [1.165, 1.54) is 12.1 Å². The van der Waals surface area contributed by atoms with Crippen LogP contribution in [0.25, 0.3) is 0 Å². The molecular formula is C16H15BrF3N. The van der Waals surface area contributed by atoms with Crippen molar-refractivity contribution in [2.45, 2.75) is 19.4 Å². The summed E-state index contributed by atoms with van der Waals surface area (Å²) in [5.41, 5.74) is 0.890. The number of halogens is 4. The van der Waals surface area contributed by atoms with E-state index in [0.717, 1.165) is 18.6 Å². The van der Waals surface area contributed by atoms with Crippen LogP contribution in [0.4, 0.5) is 13.2 Å². The Bertz CT molecular complexity index is 631. The number of benzene rings is 2. The number of hydrogen-bond donors (Lipinski definition) is 1. The predicted octanol–water partition coefficient (Wildman–Crippen LogP) is 4.96. The lowest BCUT2D eigenvalue weighted by Crippen LogP contribution is -2.24. The van der Waals surface area contributed by atoms with Crippen molar-refractivity contribution in [2.24, 2.45) is 0 Å². The molecule has 0 saturated heterocycles. The maximum absolute atomic E-state index is 14.2. The Morgan fingerprint density at radius 1 is 1.00 bits per heavy atom. The fourth-order valence-corrected chi connectivity index (χ4v) is 2.46. The van der Waals surface area contributed by atoms with Gasteiger partial charge in [0.2, 0.25) is 0 Å². The Kier molecular flexibility index (Phi) is 5.42. The van der Waals surface area contributed by atoms with Crippen molar-refractivity contribution in [1.29, 1.82) is 0 Å². The fourth-order valence-electron chi connectivity index (χ4n) is 2.12. The molecule has 5 heteroatoms. The highest BCUT2D eigenvalue weighted by Crippen LogP contribution is 2.27. The van der Waals surface area contributed by atoms with Gasteiger partial charge in [0, 0.05) is 10.0 Å². The molecule has 1 atom stereocenters. The molecule has 1 unspecified atom stereocenters. The summed E-state index contributed by atoms with van der Waals surface area (Å²) >= 11 is 3.21. The van der Waals surface area contributed by atoms with Crippen LogP contribution in [0, 0.1) is 17.5 Å². The zero-order valence-corrected chi connectivity index (χ0v) is 13.1. The Morgan fingerprint density at radius 2 is 1.76 bits per heavy atom. The van der Waals surface area contributed by atoms with Gasteiger partial charge < -0.3 is 5.32 Å². The summed E-state index contributed by atoms with van der Waals surface area (Å²) in [4.78, 5) is 0. The zero-order chi connectivity index (χ0) is 15.4. The maximum atomic E-state index is 14.2. The number of hydrogen-bond acceptors (Lipinski definition) is 1. The molecule has 1 nitrogen and oxygen atoms in total. The maximum Gasteiger partial charge on any atom is 0.159 e. The standard InChI is InChI=1S/C16H15BrF3N/c1-2-7-21-16(10-3-6-13(18)15(20)8-10)12-5-4-11(17)9-14(12)19/h3-6,8-9,16,21H,2,7H2,1H3. The molecule has 0 aliphatic carbocycles. The van der Waals surface area contributed by atoms with Crippen LogP contribution in [0.3, 0.4) is 0 Å².